The summed E-state index contributed by atoms with van der Waals surface area (Å²) in [5, 5.41) is 14.8. The number of benzene rings is 2. The van der Waals surface area contributed by atoms with E-state index in [0.29, 0.717) is 13.0 Å². The Balaban J connectivity index is 1.73. The monoisotopic (exact) mass is 327 g/mol. The van der Waals surface area contributed by atoms with Gasteiger partial charge in [-0.15, -0.1) is 0 Å². The summed E-state index contributed by atoms with van der Waals surface area (Å²) < 4.78 is 5.20. The van der Waals surface area contributed by atoms with Gasteiger partial charge < -0.3 is 15.2 Å². The van der Waals surface area contributed by atoms with Crippen molar-refractivity contribution in [2.45, 2.75) is 31.2 Å². The minimum atomic E-state index is -0.521. The van der Waals surface area contributed by atoms with E-state index in [1.165, 1.54) is 16.3 Å². The van der Waals surface area contributed by atoms with Crippen LogP contribution in [-0.2, 0) is 9.53 Å². The van der Waals surface area contributed by atoms with Crippen molar-refractivity contribution in [2.75, 3.05) is 20.3 Å². The molecule has 128 valence electrons. The van der Waals surface area contributed by atoms with Crippen molar-refractivity contribution in [1.29, 1.82) is 0 Å². The van der Waals surface area contributed by atoms with Gasteiger partial charge in [-0.25, -0.2) is 0 Å². The molecule has 4 heteroatoms. The van der Waals surface area contributed by atoms with Crippen molar-refractivity contribution in [3.63, 3.8) is 0 Å². The number of carbonyl (C=O) groups excluding carboxylic acids is 1. The first-order chi connectivity index (χ1) is 11.6. The zero-order valence-corrected chi connectivity index (χ0v) is 14.3. The van der Waals surface area contributed by atoms with E-state index in [4.69, 9.17) is 4.74 Å². The Bertz CT molecular complexity index is 716. The number of methoxy groups -OCH3 is 1. The van der Waals surface area contributed by atoms with Gasteiger partial charge in [0.05, 0.1) is 12.1 Å². The van der Waals surface area contributed by atoms with Crippen molar-refractivity contribution >= 4 is 16.7 Å². The summed E-state index contributed by atoms with van der Waals surface area (Å²) in [6.45, 7) is 2.34. The molecular formula is C20H25NO3. The van der Waals surface area contributed by atoms with Crippen LogP contribution in [0.25, 0.3) is 10.8 Å². The molecule has 3 unspecified atom stereocenters. The molecule has 2 aromatic carbocycles. The van der Waals surface area contributed by atoms with Crippen LogP contribution in [0.4, 0.5) is 0 Å². The quantitative estimate of drug-likeness (QED) is 0.822. The third-order valence-electron chi connectivity index (χ3n) is 4.90. The van der Waals surface area contributed by atoms with Crippen LogP contribution in [-0.4, -0.2) is 36.9 Å². The fourth-order valence-corrected chi connectivity index (χ4v) is 3.53. The van der Waals surface area contributed by atoms with Crippen LogP contribution in [0.15, 0.2) is 42.5 Å². The smallest absolute Gasteiger partial charge is 0.224 e. The van der Waals surface area contributed by atoms with Gasteiger partial charge in [-0.1, -0.05) is 42.5 Å². The molecule has 0 radical (unpaired) electrons. The lowest BCUT2D eigenvalue weighted by atomic mass is 9.97. The van der Waals surface area contributed by atoms with Crippen LogP contribution in [0, 0.1) is 5.92 Å². The molecular weight excluding hydrogens is 302 g/mol. The maximum atomic E-state index is 12.6. The van der Waals surface area contributed by atoms with E-state index in [9.17, 15) is 9.90 Å². The number of amides is 1. The maximum Gasteiger partial charge on any atom is 0.224 e. The van der Waals surface area contributed by atoms with Gasteiger partial charge in [0.15, 0.2) is 0 Å². The number of rotatable bonds is 7. The summed E-state index contributed by atoms with van der Waals surface area (Å²) in [4.78, 5) is 12.6. The van der Waals surface area contributed by atoms with Crippen LogP contribution >= 0.6 is 0 Å². The first kappa shape index (κ1) is 16.9. The molecule has 0 bridgehead atoms. The maximum absolute atomic E-state index is 12.6. The van der Waals surface area contributed by atoms with Crippen molar-refractivity contribution in [3.05, 3.63) is 48.0 Å². The van der Waals surface area contributed by atoms with Gasteiger partial charge in [0.25, 0.3) is 0 Å². The summed E-state index contributed by atoms with van der Waals surface area (Å²) in [5.74, 6) is 0.337. The molecule has 1 amide bonds. The Hall–Kier alpha value is -1.91. The molecule has 0 aromatic heterocycles. The van der Waals surface area contributed by atoms with Crippen molar-refractivity contribution in [3.8, 4) is 0 Å². The van der Waals surface area contributed by atoms with Gasteiger partial charge in [-0.05, 0) is 42.0 Å². The zero-order chi connectivity index (χ0) is 17.2. The van der Waals surface area contributed by atoms with Gasteiger partial charge in [-0.3, -0.25) is 4.79 Å². The third-order valence-corrected chi connectivity index (χ3v) is 4.90. The molecule has 1 aliphatic rings. The average Bonchev–Trinajstić information content (AvgIpc) is 3.35. The third kappa shape index (κ3) is 3.45. The number of fused-ring (bicyclic) bond motifs is 1. The molecule has 24 heavy (non-hydrogen) atoms. The molecule has 2 aromatic rings. The molecule has 0 saturated heterocycles. The van der Waals surface area contributed by atoms with Crippen LogP contribution in [0.5, 0.6) is 0 Å². The number of aliphatic hydroxyl groups is 1. The molecule has 0 spiro atoms. The molecule has 3 rings (SSSR count). The highest BCUT2D eigenvalue weighted by Crippen LogP contribution is 2.49. The van der Waals surface area contributed by atoms with Crippen LogP contribution in [0.2, 0.25) is 0 Å². The Morgan fingerprint density at radius 1 is 1.29 bits per heavy atom. The van der Waals surface area contributed by atoms with E-state index in [2.05, 4.69) is 35.6 Å². The van der Waals surface area contributed by atoms with Crippen LogP contribution in [0.3, 0.4) is 0 Å². The normalized spacial score (nSPS) is 22.1. The summed E-state index contributed by atoms with van der Waals surface area (Å²) in [6.07, 6.45) is 1.36. The van der Waals surface area contributed by atoms with E-state index in [-0.39, 0.29) is 24.3 Å². The first-order valence-electron chi connectivity index (χ1n) is 8.47. The number of aliphatic hydroxyl groups excluding tert-OH is 1. The standard InChI is InChI=1S/C20H25NO3/c1-20(10-11-22,13-24-2)21-19(23)18-12-17(18)16-9-5-7-14-6-3-4-8-15(14)16/h3-9,17-18,22H,10-13H2,1-2H3,(H,21,23). The summed E-state index contributed by atoms with van der Waals surface area (Å²) in [7, 11) is 1.61. The number of hydrogen-bond donors (Lipinski definition) is 2. The van der Waals surface area contributed by atoms with Gasteiger partial charge in [-0.2, -0.15) is 0 Å². The zero-order valence-electron chi connectivity index (χ0n) is 14.3. The number of hydrogen-bond acceptors (Lipinski definition) is 3. The minimum Gasteiger partial charge on any atom is -0.396 e. The SMILES string of the molecule is COCC(C)(CCO)NC(=O)C1CC1c1cccc2ccccc12. The molecule has 2 N–H and O–H groups in total. The Morgan fingerprint density at radius 2 is 2.04 bits per heavy atom. The lowest BCUT2D eigenvalue weighted by Gasteiger charge is -2.29. The fraction of sp³-hybridized carbons (Fsp3) is 0.450. The van der Waals surface area contributed by atoms with E-state index < -0.39 is 5.54 Å². The molecule has 1 fully saturated rings. The highest BCUT2D eigenvalue weighted by molar-refractivity contribution is 5.89. The number of carbonyl (C=O) groups is 1. The van der Waals surface area contributed by atoms with E-state index in [1.807, 2.05) is 19.1 Å². The predicted molar refractivity (Wildman–Crippen MR) is 94.9 cm³/mol. The second-order valence-corrected chi connectivity index (χ2v) is 6.97. The van der Waals surface area contributed by atoms with Crippen molar-refractivity contribution in [2.24, 2.45) is 5.92 Å². The topological polar surface area (TPSA) is 58.6 Å². The summed E-state index contributed by atoms with van der Waals surface area (Å²) >= 11 is 0. The van der Waals surface area contributed by atoms with Crippen molar-refractivity contribution < 1.29 is 14.6 Å². The summed E-state index contributed by atoms with van der Waals surface area (Å²) in [5.41, 5.74) is 0.732. The van der Waals surface area contributed by atoms with E-state index in [1.54, 1.807) is 7.11 Å². The Labute approximate surface area is 142 Å². The largest absolute Gasteiger partial charge is 0.396 e. The number of nitrogens with one attached hydrogen (secondary N) is 1. The summed E-state index contributed by atoms with van der Waals surface area (Å²) in [6, 6.07) is 14.6. The minimum absolute atomic E-state index is 0.00526. The Morgan fingerprint density at radius 3 is 2.79 bits per heavy atom. The lowest BCUT2D eigenvalue weighted by Crippen LogP contribution is -2.50. The van der Waals surface area contributed by atoms with Gasteiger partial charge in [0.1, 0.15) is 0 Å². The van der Waals surface area contributed by atoms with Crippen LogP contribution in [0.1, 0.15) is 31.2 Å². The second-order valence-electron chi connectivity index (χ2n) is 6.97. The highest BCUT2D eigenvalue weighted by atomic mass is 16.5. The Kier molecular flexibility index (Phi) is 4.88. The van der Waals surface area contributed by atoms with Crippen LogP contribution < -0.4 is 5.32 Å². The van der Waals surface area contributed by atoms with Gasteiger partial charge >= 0.3 is 0 Å². The van der Waals surface area contributed by atoms with E-state index in [0.717, 1.165) is 6.42 Å². The highest BCUT2D eigenvalue weighted by Gasteiger charge is 2.46. The van der Waals surface area contributed by atoms with Crippen molar-refractivity contribution in [1.82, 2.24) is 5.32 Å². The number of ether oxygens (including phenoxy) is 1. The molecule has 4 nitrogen and oxygen atoms in total. The van der Waals surface area contributed by atoms with Gasteiger partial charge in [0.2, 0.25) is 5.91 Å². The first-order valence-corrected chi connectivity index (χ1v) is 8.47. The van der Waals surface area contributed by atoms with Gasteiger partial charge in [0, 0.05) is 19.6 Å². The molecule has 1 saturated carbocycles. The molecule has 3 atom stereocenters. The fourth-order valence-electron chi connectivity index (χ4n) is 3.53. The molecule has 0 aliphatic heterocycles. The molecule has 1 aliphatic carbocycles. The average molecular weight is 327 g/mol. The lowest BCUT2D eigenvalue weighted by molar-refractivity contribution is -0.125. The second kappa shape index (κ2) is 6.91. The van der Waals surface area contributed by atoms with E-state index >= 15 is 0 Å². The predicted octanol–water partition coefficient (Wildman–Crippen LogP) is 2.85. The molecule has 0 heterocycles.